The molecule has 0 fully saturated rings. The van der Waals surface area contributed by atoms with E-state index in [4.69, 9.17) is 0 Å². The second kappa shape index (κ2) is 8.02. The Balaban J connectivity index is 1.98. The molecule has 0 aromatic heterocycles. The van der Waals surface area contributed by atoms with Gasteiger partial charge in [-0.1, -0.05) is 23.8 Å². The molecule has 5 heteroatoms. The minimum absolute atomic E-state index is 0.0700. The number of thioether (sulfide) groups is 1. The lowest BCUT2D eigenvalue weighted by molar-refractivity contribution is -0.114. The third-order valence-corrected chi connectivity index (χ3v) is 4.76. The molecule has 0 bridgehead atoms. The minimum Gasteiger partial charge on any atom is -0.326 e. The molecule has 2 rings (SSSR count). The fourth-order valence-corrected chi connectivity index (χ4v) is 3.53. The van der Waals surface area contributed by atoms with Crippen LogP contribution in [-0.4, -0.2) is 17.6 Å². The number of carbonyl (C=O) groups excluding carboxylic acids is 2. The Kier molecular flexibility index (Phi) is 6.04. The standard InChI is InChI=1S/C19H22N2O2S/c1-12-8-13(2)19(14(3)9-12)24-11-18(23)21-17-7-5-6-16(10-17)20-15(4)22/h5-10H,11H2,1-4H3,(H,20,22)(H,21,23). The molecule has 0 spiro atoms. The maximum absolute atomic E-state index is 12.2. The number of amides is 2. The highest BCUT2D eigenvalue weighted by atomic mass is 32.2. The number of nitrogens with one attached hydrogen (secondary N) is 2. The first-order valence-corrected chi connectivity index (χ1v) is 8.72. The number of hydrogen-bond donors (Lipinski definition) is 2. The number of benzene rings is 2. The third-order valence-electron chi connectivity index (χ3n) is 3.42. The number of anilines is 2. The zero-order chi connectivity index (χ0) is 17.7. The summed E-state index contributed by atoms with van der Waals surface area (Å²) in [6, 6.07) is 11.4. The molecule has 0 radical (unpaired) electrons. The van der Waals surface area contributed by atoms with E-state index in [2.05, 4.69) is 43.5 Å². The monoisotopic (exact) mass is 342 g/mol. The van der Waals surface area contributed by atoms with E-state index in [9.17, 15) is 9.59 Å². The summed E-state index contributed by atoms with van der Waals surface area (Å²) in [6.45, 7) is 7.66. The zero-order valence-electron chi connectivity index (χ0n) is 14.4. The molecule has 2 N–H and O–H groups in total. The summed E-state index contributed by atoms with van der Waals surface area (Å²) in [5.41, 5.74) is 4.95. The fourth-order valence-electron chi connectivity index (χ4n) is 2.61. The van der Waals surface area contributed by atoms with Crippen molar-refractivity contribution in [1.29, 1.82) is 0 Å². The van der Waals surface area contributed by atoms with Gasteiger partial charge in [0.15, 0.2) is 0 Å². The molecule has 126 valence electrons. The van der Waals surface area contributed by atoms with Gasteiger partial charge < -0.3 is 10.6 Å². The summed E-state index contributed by atoms with van der Waals surface area (Å²) in [4.78, 5) is 24.4. The Labute approximate surface area is 147 Å². The highest BCUT2D eigenvalue weighted by molar-refractivity contribution is 8.00. The quantitative estimate of drug-likeness (QED) is 0.797. The number of carbonyl (C=O) groups is 2. The fraction of sp³-hybridized carbons (Fsp3) is 0.263. The predicted octanol–water partition coefficient (Wildman–Crippen LogP) is 4.30. The van der Waals surface area contributed by atoms with Crippen LogP contribution in [0.25, 0.3) is 0 Å². The summed E-state index contributed by atoms with van der Waals surface area (Å²) in [7, 11) is 0. The van der Waals surface area contributed by atoms with E-state index in [1.807, 2.05) is 0 Å². The minimum atomic E-state index is -0.139. The van der Waals surface area contributed by atoms with Crippen molar-refractivity contribution >= 4 is 35.0 Å². The molecule has 0 aliphatic heterocycles. The van der Waals surface area contributed by atoms with E-state index in [0.29, 0.717) is 17.1 Å². The zero-order valence-corrected chi connectivity index (χ0v) is 15.2. The summed E-state index contributed by atoms with van der Waals surface area (Å²) in [5, 5.41) is 5.57. The molecule has 0 saturated carbocycles. The molecule has 2 amide bonds. The van der Waals surface area contributed by atoms with Gasteiger partial charge in [0.25, 0.3) is 0 Å². The Morgan fingerprint density at radius 2 is 1.54 bits per heavy atom. The first kappa shape index (κ1) is 18.1. The van der Waals surface area contributed by atoms with Gasteiger partial charge in [-0.2, -0.15) is 0 Å². The van der Waals surface area contributed by atoms with Gasteiger partial charge in [0.05, 0.1) is 5.75 Å². The summed E-state index contributed by atoms with van der Waals surface area (Å²) in [6.07, 6.45) is 0. The molecule has 0 unspecified atom stereocenters. The van der Waals surface area contributed by atoms with Gasteiger partial charge in [-0.3, -0.25) is 9.59 Å². The van der Waals surface area contributed by atoms with Gasteiger partial charge in [-0.05, 0) is 50.1 Å². The van der Waals surface area contributed by atoms with E-state index in [1.165, 1.54) is 23.6 Å². The molecule has 24 heavy (non-hydrogen) atoms. The van der Waals surface area contributed by atoms with Crippen LogP contribution in [0, 0.1) is 20.8 Å². The molecule has 4 nitrogen and oxygen atoms in total. The largest absolute Gasteiger partial charge is 0.326 e. The summed E-state index contributed by atoms with van der Waals surface area (Å²) < 4.78 is 0. The van der Waals surface area contributed by atoms with Gasteiger partial charge in [0, 0.05) is 23.2 Å². The van der Waals surface area contributed by atoms with E-state index >= 15 is 0 Å². The lowest BCUT2D eigenvalue weighted by Crippen LogP contribution is -2.14. The molecule has 2 aromatic rings. The van der Waals surface area contributed by atoms with E-state index < -0.39 is 0 Å². The van der Waals surface area contributed by atoms with Crippen molar-refractivity contribution in [3.05, 3.63) is 53.1 Å². The molecule has 0 aliphatic carbocycles. The lowest BCUT2D eigenvalue weighted by Gasteiger charge is -2.11. The van der Waals surface area contributed by atoms with Crippen LogP contribution in [0.5, 0.6) is 0 Å². The van der Waals surface area contributed by atoms with Crippen molar-refractivity contribution in [2.45, 2.75) is 32.6 Å². The Morgan fingerprint density at radius 1 is 0.958 bits per heavy atom. The summed E-state index contributed by atoms with van der Waals surface area (Å²) >= 11 is 1.54. The Morgan fingerprint density at radius 3 is 2.12 bits per heavy atom. The van der Waals surface area contributed by atoms with Crippen LogP contribution >= 0.6 is 11.8 Å². The van der Waals surface area contributed by atoms with Crippen LogP contribution in [0.1, 0.15) is 23.6 Å². The van der Waals surface area contributed by atoms with Gasteiger partial charge in [0.2, 0.25) is 11.8 Å². The van der Waals surface area contributed by atoms with Crippen molar-refractivity contribution in [1.82, 2.24) is 0 Å². The van der Waals surface area contributed by atoms with E-state index in [1.54, 1.807) is 36.0 Å². The van der Waals surface area contributed by atoms with Crippen molar-refractivity contribution in [3.8, 4) is 0 Å². The highest BCUT2D eigenvalue weighted by Gasteiger charge is 2.09. The Bertz CT molecular complexity index is 749. The van der Waals surface area contributed by atoms with Gasteiger partial charge in [-0.25, -0.2) is 0 Å². The average Bonchev–Trinajstić information content (AvgIpc) is 2.45. The van der Waals surface area contributed by atoms with Gasteiger partial charge in [0.1, 0.15) is 0 Å². The van der Waals surface area contributed by atoms with Crippen LogP contribution in [-0.2, 0) is 9.59 Å². The highest BCUT2D eigenvalue weighted by Crippen LogP contribution is 2.27. The van der Waals surface area contributed by atoms with Gasteiger partial charge in [-0.15, -0.1) is 11.8 Å². The molecule has 0 saturated heterocycles. The van der Waals surface area contributed by atoms with Crippen LogP contribution in [0.3, 0.4) is 0 Å². The topological polar surface area (TPSA) is 58.2 Å². The van der Waals surface area contributed by atoms with Crippen molar-refractivity contribution in [2.75, 3.05) is 16.4 Å². The van der Waals surface area contributed by atoms with Crippen LogP contribution in [0.2, 0.25) is 0 Å². The van der Waals surface area contributed by atoms with Crippen molar-refractivity contribution in [3.63, 3.8) is 0 Å². The number of hydrogen-bond acceptors (Lipinski definition) is 3. The van der Waals surface area contributed by atoms with Crippen LogP contribution in [0.4, 0.5) is 11.4 Å². The first-order chi connectivity index (χ1) is 11.3. The number of rotatable bonds is 5. The molecular weight excluding hydrogens is 320 g/mol. The lowest BCUT2D eigenvalue weighted by atomic mass is 10.1. The normalized spacial score (nSPS) is 10.3. The maximum atomic E-state index is 12.2. The molecule has 0 aliphatic rings. The van der Waals surface area contributed by atoms with Crippen LogP contribution < -0.4 is 10.6 Å². The average molecular weight is 342 g/mol. The smallest absolute Gasteiger partial charge is 0.234 e. The molecule has 0 atom stereocenters. The summed E-state index contributed by atoms with van der Waals surface area (Å²) in [5.74, 6) is 0.133. The van der Waals surface area contributed by atoms with Gasteiger partial charge >= 0.3 is 0 Å². The first-order valence-electron chi connectivity index (χ1n) is 7.73. The number of aryl methyl sites for hydroxylation is 3. The Hall–Kier alpha value is -2.27. The van der Waals surface area contributed by atoms with E-state index in [-0.39, 0.29) is 11.8 Å². The second-order valence-electron chi connectivity index (χ2n) is 5.83. The van der Waals surface area contributed by atoms with E-state index in [0.717, 1.165) is 4.90 Å². The molecular formula is C19H22N2O2S. The molecule has 0 heterocycles. The third kappa shape index (κ3) is 5.13. The maximum Gasteiger partial charge on any atom is 0.234 e. The van der Waals surface area contributed by atoms with Crippen LogP contribution in [0.15, 0.2) is 41.3 Å². The van der Waals surface area contributed by atoms with Crippen molar-refractivity contribution < 1.29 is 9.59 Å². The SMILES string of the molecule is CC(=O)Nc1cccc(NC(=O)CSc2c(C)cc(C)cc2C)c1. The molecule has 2 aromatic carbocycles. The van der Waals surface area contributed by atoms with Crippen molar-refractivity contribution in [2.24, 2.45) is 0 Å². The second-order valence-corrected chi connectivity index (χ2v) is 6.81. The predicted molar refractivity (Wildman–Crippen MR) is 101 cm³/mol.